The van der Waals surface area contributed by atoms with Gasteiger partial charge in [-0.1, -0.05) is 35.9 Å². The Balaban J connectivity index is 1.64. The molecule has 1 N–H and O–H groups in total. The van der Waals surface area contributed by atoms with Crippen molar-refractivity contribution >= 4 is 35.0 Å². The van der Waals surface area contributed by atoms with Crippen molar-refractivity contribution < 1.29 is 19.2 Å². The van der Waals surface area contributed by atoms with Gasteiger partial charge in [0.05, 0.1) is 12.0 Å². The third-order valence-corrected chi connectivity index (χ3v) is 4.50. The van der Waals surface area contributed by atoms with Gasteiger partial charge in [0.25, 0.3) is 5.69 Å². The van der Waals surface area contributed by atoms with Crippen molar-refractivity contribution in [2.75, 3.05) is 12.4 Å². The second kappa shape index (κ2) is 10.3. The van der Waals surface area contributed by atoms with Crippen molar-refractivity contribution in [2.24, 2.45) is 0 Å². The van der Waals surface area contributed by atoms with E-state index in [1.54, 1.807) is 42.5 Å². The van der Waals surface area contributed by atoms with E-state index in [1.807, 2.05) is 12.1 Å². The molecule has 3 aromatic rings. The van der Waals surface area contributed by atoms with E-state index in [2.05, 4.69) is 5.32 Å². The van der Waals surface area contributed by atoms with Crippen molar-refractivity contribution in [1.82, 2.24) is 0 Å². The summed E-state index contributed by atoms with van der Waals surface area (Å²) in [6, 6.07) is 18.4. The summed E-state index contributed by atoms with van der Waals surface area (Å²) < 4.78 is 11.2. The molecule has 0 fully saturated rings. The lowest BCUT2D eigenvalue weighted by Gasteiger charge is -2.11. The largest absolute Gasteiger partial charge is 0.493 e. The molecule has 3 rings (SSSR count). The Morgan fingerprint density at radius 3 is 2.58 bits per heavy atom. The predicted octanol–water partition coefficient (Wildman–Crippen LogP) is 5.49. The van der Waals surface area contributed by atoms with Crippen LogP contribution in [0.2, 0.25) is 5.02 Å². The normalized spacial score (nSPS) is 10.6. The highest BCUT2D eigenvalue weighted by atomic mass is 35.5. The topological polar surface area (TPSA) is 90.7 Å². The predicted molar refractivity (Wildman–Crippen MR) is 120 cm³/mol. The summed E-state index contributed by atoms with van der Waals surface area (Å²) >= 11 is 5.89. The summed E-state index contributed by atoms with van der Waals surface area (Å²) in [4.78, 5) is 22.4. The molecule has 0 aliphatic rings. The van der Waals surface area contributed by atoms with E-state index >= 15 is 0 Å². The van der Waals surface area contributed by atoms with Crippen LogP contribution >= 0.6 is 11.6 Å². The molecule has 0 saturated carbocycles. The number of halogens is 1. The van der Waals surface area contributed by atoms with Crippen LogP contribution in [0, 0.1) is 10.1 Å². The fourth-order valence-electron chi connectivity index (χ4n) is 2.70. The number of anilines is 1. The number of ether oxygens (including phenoxy) is 2. The van der Waals surface area contributed by atoms with Gasteiger partial charge in [0.2, 0.25) is 5.91 Å². The lowest BCUT2D eigenvalue weighted by molar-refractivity contribution is -0.384. The molecule has 0 spiro atoms. The average Bonchev–Trinajstić information content (AvgIpc) is 2.77. The van der Waals surface area contributed by atoms with E-state index in [4.69, 9.17) is 21.1 Å². The molecule has 1 amide bonds. The maximum Gasteiger partial charge on any atom is 0.271 e. The number of carbonyl (C=O) groups is 1. The number of nitro groups is 1. The smallest absolute Gasteiger partial charge is 0.271 e. The van der Waals surface area contributed by atoms with E-state index in [-0.39, 0.29) is 5.69 Å². The third-order valence-electron chi connectivity index (χ3n) is 4.25. The number of rotatable bonds is 8. The van der Waals surface area contributed by atoms with Gasteiger partial charge in [-0.05, 0) is 47.5 Å². The van der Waals surface area contributed by atoms with Crippen LogP contribution in [0.25, 0.3) is 6.08 Å². The van der Waals surface area contributed by atoms with Gasteiger partial charge in [-0.2, -0.15) is 0 Å². The first-order valence-corrected chi connectivity index (χ1v) is 9.61. The highest BCUT2D eigenvalue weighted by Crippen LogP contribution is 2.29. The number of hydrogen-bond donors (Lipinski definition) is 1. The zero-order chi connectivity index (χ0) is 22.2. The van der Waals surface area contributed by atoms with Crippen molar-refractivity contribution in [1.29, 1.82) is 0 Å². The van der Waals surface area contributed by atoms with E-state index in [1.165, 1.54) is 31.4 Å². The Morgan fingerprint density at radius 2 is 1.87 bits per heavy atom. The van der Waals surface area contributed by atoms with Gasteiger partial charge in [0.1, 0.15) is 6.61 Å². The zero-order valence-electron chi connectivity index (χ0n) is 16.6. The lowest BCUT2D eigenvalue weighted by Crippen LogP contribution is -2.07. The zero-order valence-corrected chi connectivity index (χ0v) is 17.3. The molecule has 8 heteroatoms. The summed E-state index contributed by atoms with van der Waals surface area (Å²) in [5.41, 5.74) is 1.94. The highest BCUT2D eigenvalue weighted by Gasteiger charge is 2.08. The molecular formula is C23H19ClN2O5. The summed E-state index contributed by atoms with van der Waals surface area (Å²) in [6.07, 6.45) is 2.94. The minimum absolute atomic E-state index is 0.0966. The van der Waals surface area contributed by atoms with Crippen molar-refractivity contribution in [2.45, 2.75) is 6.61 Å². The Morgan fingerprint density at radius 1 is 1.10 bits per heavy atom. The number of nitro benzene ring substituents is 1. The van der Waals surface area contributed by atoms with Gasteiger partial charge < -0.3 is 14.8 Å². The van der Waals surface area contributed by atoms with Crippen LogP contribution in [0.1, 0.15) is 11.1 Å². The van der Waals surface area contributed by atoms with Crippen LogP contribution in [-0.2, 0) is 11.4 Å². The lowest BCUT2D eigenvalue weighted by atomic mass is 10.2. The Labute approximate surface area is 184 Å². The second-order valence-corrected chi connectivity index (χ2v) is 6.89. The van der Waals surface area contributed by atoms with Crippen molar-refractivity contribution in [3.63, 3.8) is 0 Å². The summed E-state index contributed by atoms with van der Waals surface area (Å²) in [6.45, 7) is 0.355. The highest BCUT2D eigenvalue weighted by molar-refractivity contribution is 6.30. The molecule has 0 aliphatic carbocycles. The van der Waals surface area contributed by atoms with Crippen LogP contribution < -0.4 is 14.8 Å². The quantitative estimate of drug-likeness (QED) is 0.285. The molecule has 0 atom stereocenters. The molecule has 158 valence electrons. The SMILES string of the molecule is COc1cc(C=CC(=O)Nc2cccc([N+](=O)[O-])c2)ccc1OCc1ccc(Cl)cc1. The van der Waals surface area contributed by atoms with Crippen LogP contribution in [0.4, 0.5) is 11.4 Å². The van der Waals surface area contributed by atoms with Gasteiger partial charge >= 0.3 is 0 Å². The van der Waals surface area contributed by atoms with Gasteiger partial charge in [-0.15, -0.1) is 0 Å². The maximum atomic E-state index is 12.1. The van der Waals surface area contributed by atoms with Crippen molar-refractivity contribution in [3.05, 3.63) is 99.1 Å². The van der Waals surface area contributed by atoms with Crippen LogP contribution in [0.3, 0.4) is 0 Å². The number of amides is 1. The first-order chi connectivity index (χ1) is 14.9. The Hall–Kier alpha value is -3.84. The number of hydrogen-bond acceptors (Lipinski definition) is 5. The molecule has 7 nitrogen and oxygen atoms in total. The van der Waals surface area contributed by atoms with E-state index in [9.17, 15) is 14.9 Å². The number of benzene rings is 3. The van der Waals surface area contributed by atoms with Crippen LogP contribution in [-0.4, -0.2) is 17.9 Å². The fraction of sp³-hybridized carbons (Fsp3) is 0.0870. The standard InChI is InChI=1S/C23H19ClN2O5/c1-30-22-13-16(7-11-21(22)31-15-17-5-9-18(24)10-6-17)8-12-23(27)25-19-3-2-4-20(14-19)26(28)29/h2-14H,15H2,1H3,(H,25,27). The molecular weight excluding hydrogens is 420 g/mol. The minimum Gasteiger partial charge on any atom is -0.493 e. The first kappa shape index (κ1) is 21.9. The molecule has 0 unspecified atom stereocenters. The molecule has 0 bridgehead atoms. The number of nitrogens with zero attached hydrogens (tertiary/aromatic N) is 1. The molecule has 0 aromatic heterocycles. The Kier molecular flexibility index (Phi) is 7.24. The van der Waals surface area contributed by atoms with Gasteiger partial charge in [0, 0.05) is 28.9 Å². The molecule has 0 heterocycles. The number of non-ortho nitro benzene ring substituents is 1. The number of methoxy groups -OCH3 is 1. The first-order valence-electron chi connectivity index (χ1n) is 9.23. The molecule has 0 radical (unpaired) electrons. The maximum absolute atomic E-state index is 12.1. The number of carbonyl (C=O) groups excluding carboxylic acids is 1. The van der Waals surface area contributed by atoms with Crippen LogP contribution in [0.15, 0.2) is 72.8 Å². The Bertz CT molecular complexity index is 1110. The molecule has 3 aromatic carbocycles. The van der Waals surface area contributed by atoms with Crippen molar-refractivity contribution in [3.8, 4) is 11.5 Å². The summed E-state index contributed by atoms with van der Waals surface area (Å²) in [5.74, 6) is 0.674. The van der Waals surface area contributed by atoms with Gasteiger partial charge in [0.15, 0.2) is 11.5 Å². The molecule has 0 aliphatic heterocycles. The number of nitrogens with one attached hydrogen (secondary N) is 1. The minimum atomic E-state index is -0.520. The van der Waals surface area contributed by atoms with Gasteiger partial charge in [-0.3, -0.25) is 14.9 Å². The summed E-state index contributed by atoms with van der Waals surface area (Å²) in [7, 11) is 1.53. The van der Waals surface area contributed by atoms with E-state index in [0.29, 0.717) is 28.8 Å². The fourth-order valence-corrected chi connectivity index (χ4v) is 2.83. The average molecular weight is 439 g/mol. The van der Waals surface area contributed by atoms with Gasteiger partial charge in [-0.25, -0.2) is 0 Å². The monoisotopic (exact) mass is 438 g/mol. The van der Waals surface area contributed by atoms with E-state index < -0.39 is 10.8 Å². The van der Waals surface area contributed by atoms with Crippen LogP contribution in [0.5, 0.6) is 11.5 Å². The van der Waals surface area contributed by atoms with E-state index in [0.717, 1.165) is 11.1 Å². The molecule has 0 saturated heterocycles. The third kappa shape index (κ3) is 6.32. The molecule has 31 heavy (non-hydrogen) atoms. The summed E-state index contributed by atoms with van der Waals surface area (Å²) in [5, 5.41) is 14.1. The second-order valence-electron chi connectivity index (χ2n) is 6.46.